The van der Waals surface area contributed by atoms with Gasteiger partial charge in [-0.25, -0.2) is 0 Å². The molecule has 0 spiro atoms. The number of hydrogen-bond acceptors (Lipinski definition) is 4. The summed E-state index contributed by atoms with van der Waals surface area (Å²) in [6, 6.07) is 6.01. The van der Waals surface area contributed by atoms with Crippen LogP contribution in [0.2, 0.25) is 0 Å². The summed E-state index contributed by atoms with van der Waals surface area (Å²) in [5.74, 6) is 1.12. The molecular weight excluding hydrogens is 364 g/mol. The van der Waals surface area contributed by atoms with Crippen LogP contribution in [-0.2, 0) is 16.1 Å². The van der Waals surface area contributed by atoms with Crippen LogP contribution in [0.3, 0.4) is 0 Å². The number of carbonyl (C=O) groups excluding carboxylic acids is 2. The highest BCUT2D eigenvalue weighted by atomic mass is 16.2. The van der Waals surface area contributed by atoms with Crippen LogP contribution in [0, 0.1) is 11.8 Å². The van der Waals surface area contributed by atoms with Gasteiger partial charge in [-0.2, -0.15) is 0 Å². The molecule has 3 fully saturated rings. The third-order valence-electron chi connectivity index (χ3n) is 6.85. The van der Waals surface area contributed by atoms with Gasteiger partial charge in [-0.1, -0.05) is 25.3 Å². The van der Waals surface area contributed by atoms with Crippen molar-refractivity contribution in [1.29, 1.82) is 0 Å². The highest BCUT2D eigenvalue weighted by molar-refractivity contribution is 5.84. The molecule has 6 heteroatoms. The molecule has 3 heterocycles. The van der Waals surface area contributed by atoms with E-state index in [1.54, 1.807) is 0 Å². The van der Waals surface area contributed by atoms with Gasteiger partial charge >= 0.3 is 0 Å². The molecule has 1 aromatic heterocycles. The topological polar surface area (TPSA) is 56.8 Å². The zero-order chi connectivity index (χ0) is 20.1. The van der Waals surface area contributed by atoms with E-state index in [1.807, 2.05) is 28.1 Å². The van der Waals surface area contributed by atoms with Gasteiger partial charge in [0.05, 0.1) is 11.6 Å². The molecule has 0 bridgehead atoms. The Balaban J connectivity index is 1.26. The van der Waals surface area contributed by atoms with E-state index in [0.29, 0.717) is 25.3 Å². The third kappa shape index (κ3) is 5.35. The number of likely N-dealkylation sites (tertiary alicyclic amines) is 1. The maximum absolute atomic E-state index is 13.1. The summed E-state index contributed by atoms with van der Waals surface area (Å²) in [5, 5.41) is 0. The molecule has 2 aliphatic heterocycles. The standard InChI is InChI=1S/C23H34N4O2/c28-22-10-9-20(17-27(22)16-19-6-2-1-3-7-19)23(29)26-14-12-25(13-15-26)18-21-8-4-5-11-24-21/h4-5,8,11,19-20H,1-3,6-7,9-10,12-18H2. The number of amides is 2. The normalized spacial score (nSPS) is 24.7. The first-order valence-electron chi connectivity index (χ1n) is 11.4. The van der Waals surface area contributed by atoms with Crippen molar-refractivity contribution >= 4 is 11.8 Å². The zero-order valence-corrected chi connectivity index (χ0v) is 17.5. The van der Waals surface area contributed by atoms with E-state index in [9.17, 15) is 9.59 Å². The van der Waals surface area contributed by atoms with Gasteiger partial charge in [-0.05, 0) is 37.3 Å². The molecule has 158 valence electrons. The van der Waals surface area contributed by atoms with Crippen molar-refractivity contribution in [1.82, 2.24) is 19.7 Å². The highest BCUT2D eigenvalue weighted by Crippen LogP contribution is 2.27. The lowest BCUT2D eigenvalue weighted by Gasteiger charge is -2.39. The van der Waals surface area contributed by atoms with Crippen LogP contribution in [0.4, 0.5) is 0 Å². The summed E-state index contributed by atoms with van der Waals surface area (Å²) < 4.78 is 0. The Morgan fingerprint density at radius 3 is 2.55 bits per heavy atom. The molecule has 1 saturated carbocycles. The molecule has 0 aromatic carbocycles. The molecule has 1 aliphatic carbocycles. The number of piperidine rings is 1. The fourth-order valence-corrected chi connectivity index (χ4v) is 5.08. The molecule has 1 atom stereocenters. The van der Waals surface area contributed by atoms with Crippen LogP contribution >= 0.6 is 0 Å². The lowest BCUT2D eigenvalue weighted by Crippen LogP contribution is -2.53. The van der Waals surface area contributed by atoms with Crippen molar-refractivity contribution in [3.63, 3.8) is 0 Å². The molecule has 0 N–H and O–H groups in total. The average molecular weight is 399 g/mol. The lowest BCUT2D eigenvalue weighted by atomic mass is 9.87. The first-order chi connectivity index (χ1) is 14.2. The minimum Gasteiger partial charge on any atom is -0.342 e. The minimum absolute atomic E-state index is 0.0152. The number of nitrogens with zero attached hydrogens (tertiary/aromatic N) is 4. The third-order valence-corrected chi connectivity index (χ3v) is 6.85. The van der Waals surface area contributed by atoms with Crippen molar-refractivity contribution in [3.05, 3.63) is 30.1 Å². The number of piperazine rings is 1. The molecule has 29 heavy (non-hydrogen) atoms. The van der Waals surface area contributed by atoms with Gasteiger partial charge in [-0.3, -0.25) is 19.5 Å². The van der Waals surface area contributed by atoms with E-state index in [-0.39, 0.29) is 17.7 Å². The first kappa shape index (κ1) is 20.3. The maximum atomic E-state index is 13.1. The van der Waals surface area contributed by atoms with Gasteiger partial charge in [0.1, 0.15) is 0 Å². The van der Waals surface area contributed by atoms with Crippen molar-refractivity contribution in [2.24, 2.45) is 11.8 Å². The monoisotopic (exact) mass is 398 g/mol. The largest absolute Gasteiger partial charge is 0.342 e. The number of hydrogen-bond donors (Lipinski definition) is 0. The van der Waals surface area contributed by atoms with Gasteiger partial charge < -0.3 is 9.80 Å². The van der Waals surface area contributed by atoms with E-state index in [0.717, 1.165) is 45.0 Å². The SMILES string of the molecule is O=C1CCC(C(=O)N2CCN(Cc3ccccn3)CC2)CN1CC1CCCCC1. The Labute approximate surface area is 174 Å². The molecule has 1 aromatic rings. The zero-order valence-electron chi connectivity index (χ0n) is 17.5. The summed E-state index contributed by atoms with van der Waals surface area (Å²) in [4.78, 5) is 36.3. The van der Waals surface area contributed by atoms with E-state index in [2.05, 4.69) is 16.0 Å². The molecule has 0 radical (unpaired) electrons. The fraction of sp³-hybridized carbons (Fsp3) is 0.696. The molecule has 4 rings (SSSR count). The Kier molecular flexibility index (Phi) is 6.80. The van der Waals surface area contributed by atoms with E-state index < -0.39 is 0 Å². The lowest BCUT2D eigenvalue weighted by molar-refractivity contribution is -0.144. The van der Waals surface area contributed by atoms with Crippen molar-refractivity contribution in [2.75, 3.05) is 39.3 Å². The van der Waals surface area contributed by atoms with Gasteiger partial charge in [0.2, 0.25) is 11.8 Å². The van der Waals surface area contributed by atoms with Crippen LogP contribution in [0.5, 0.6) is 0 Å². The smallest absolute Gasteiger partial charge is 0.227 e. The van der Waals surface area contributed by atoms with Crippen LogP contribution in [0.25, 0.3) is 0 Å². The Bertz CT molecular complexity index is 681. The average Bonchev–Trinajstić information content (AvgIpc) is 2.77. The molecule has 1 unspecified atom stereocenters. The summed E-state index contributed by atoms with van der Waals surface area (Å²) in [7, 11) is 0. The Hall–Kier alpha value is -1.95. The van der Waals surface area contributed by atoms with Crippen LogP contribution in [0.1, 0.15) is 50.6 Å². The van der Waals surface area contributed by atoms with Crippen molar-refractivity contribution in [3.8, 4) is 0 Å². The van der Waals surface area contributed by atoms with E-state index in [4.69, 9.17) is 0 Å². The Morgan fingerprint density at radius 1 is 1.03 bits per heavy atom. The fourth-order valence-electron chi connectivity index (χ4n) is 5.08. The molecule has 2 amide bonds. The second-order valence-corrected chi connectivity index (χ2v) is 8.96. The summed E-state index contributed by atoms with van der Waals surface area (Å²) in [6.45, 7) is 5.66. The summed E-state index contributed by atoms with van der Waals surface area (Å²) in [6.07, 6.45) is 9.46. The van der Waals surface area contributed by atoms with E-state index >= 15 is 0 Å². The van der Waals surface area contributed by atoms with Crippen molar-refractivity contribution < 1.29 is 9.59 Å². The van der Waals surface area contributed by atoms with Crippen LogP contribution in [-0.4, -0.2) is 70.8 Å². The van der Waals surface area contributed by atoms with Gasteiger partial charge in [0.15, 0.2) is 0 Å². The van der Waals surface area contributed by atoms with Gasteiger partial charge in [0, 0.05) is 58.4 Å². The van der Waals surface area contributed by atoms with Crippen molar-refractivity contribution in [2.45, 2.75) is 51.5 Å². The molecule has 2 saturated heterocycles. The minimum atomic E-state index is -0.0152. The molecule has 6 nitrogen and oxygen atoms in total. The maximum Gasteiger partial charge on any atom is 0.227 e. The number of carbonyl (C=O) groups is 2. The quantitative estimate of drug-likeness (QED) is 0.765. The van der Waals surface area contributed by atoms with Gasteiger partial charge in [0.25, 0.3) is 0 Å². The number of pyridine rings is 1. The predicted octanol–water partition coefficient (Wildman–Crippen LogP) is 2.54. The number of rotatable bonds is 5. The van der Waals surface area contributed by atoms with Gasteiger partial charge in [-0.15, -0.1) is 0 Å². The van der Waals surface area contributed by atoms with Crippen LogP contribution < -0.4 is 0 Å². The second-order valence-electron chi connectivity index (χ2n) is 8.96. The second kappa shape index (κ2) is 9.70. The highest BCUT2D eigenvalue weighted by Gasteiger charge is 2.34. The predicted molar refractivity (Wildman–Crippen MR) is 112 cm³/mol. The first-order valence-corrected chi connectivity index (χ1v) is 11.4. The van der Waals surface area contributed by atoms with E-state index in [1.165, 1.54) is 32.1 Å². The molecular formula is C23H34N4O2. The summed E-state index contributed by atoms with van der Waals surface area (Å²) in [5.41, 5.74) is 1.08. The molecule has 3 aliphatic rings. The summed E-state index contributed by atoms with van der Waals surface area (Å²) >= 11 is 0. The van der Waals surface area contributed by atoms with Crippen LogP contribution in [0.15, 0.2) is 24.4 Å². The number of aromatic nitrogens is 1. The Morgan fingerprint density at radius 2 is 1.83 bits per heavy atom.